The van der Waals surface area contributed by atoms with Gasteiger partial charge in [-0.3, -0.25) is 10.1 Å². The fourth-order valence-electron chi connectivity index (χ4n) is 1.99. The van der Waals surface area contributed by atoms with Crippen molar-refractivity contribution in [3.05, 3.63) is 74.7 Å². The van der Waals surface area contributed by atoms with E-state index in [1.54, 1.807) is 36.0 Å². The summed E-state index contributed by atoms with van der Waals surface area (Å²) in [7, 11) is 0. The molecule has 1 amide bonds. The lowest BCUT2D eigenvalue weighted by atomic mass is 10.2. The van der Waals surface area contributed by atoms with Crippen LogP contribution < -0.4 is 5.32 Å². The molecule has 3 aromatic rings. The molecule has 0 unspecified atom stereocenters. The summed E-state index contributed by atoms with van der Waals surface area (Å²) >= 11 is 20.7. The van der Waals surface area contributed by atoms with Gasteiger partial charge in [0.15, 0.2) is 4.34 Å². The van der Waals surface area contributed by atoms with Crippen molar-refractivity contribution in [1.29, 1.82) is 0 Å². The maximum absolute atomic E-state index is 12.0. The Hall–Kier alpha value is -1.57. The third-order valence-corrected chi connectivity index (χ3v) is 6.15. The van der Waals surface area contributed by atoms with E-state index in [4.69, 9.17) is 34.8 Å². The zero-order valence-corrected chi connectivity index (χ0v) is 17.6. The standard InChI is InChI=1S/C18H12Cl3N3OS2/c19-13-5-1-11(2-6-13)10-26-18-24-23-17(27-18)22-16(25)8-4-12-3-7-14(20)9-15(12)21/h1-9H,10H2,(H,22,23,25)/b8-4+. The summed E-state index contributed by atoms with van der Waals surface area (Å²) < 4.78 is 0.768. The molecule has 0 aliphatic heterocycles. The highest BCUT2D eigenvalue weighted by Gasteiger charge is 2.08. The average molecular weight is 457 g/mol. The van der Waals surface area contributed by atoms with Crippen LogP contribution in [0.25, 0.3) is 6.08 Å². The first-order valence-electron chi connectivity index (χ1n) is 7.64. The predicted octanol–water partition coefficient (Wildman–Crippen LogP) is 6.44. The molecule has 1 aromatic heterocycles. The van der Waals surface area contributed by atoms with Crippen molar-refractivity contribution < 1.29 is 4.79 Å². The number of hydrogen-bond acceptors (Lipinski definition) is 5. The normalized spacial score (nSPS) is 11.1. The topological polar surface area (TPSA) is 54.9 Å². The van der Waals surface area contributed by atoms with Crippen molar-refractivity contribution >= 4 is 75.0 Å². The largest absolute Gasteiger partial charge is 0.297 e. The van der Waals surface area contributed by atoms with Crippen LogP contribution in [0.2, 0.25) is 15.1 Å². The molecule has 3 rings (SSSR count). The van der Waals surface area contributed by atoms with Crippen LogP contribution in [0.15, 0.2) is 52.9 Å². The van der Waals surface area contributed by atoms with Crippen LogP contribution >= 0.6 is 57.9 Å². The number of halogens is 3. The zero-order chi connectivity index (χ0) is 19.2. The van der Waals surface area contributed by atoms with Gasteiger partial charge < -0.3 is 0 Å². The van der Waals surface area contributed by atoms with Gasteiger partial charge in [0.2, 0.25) is 11.0 Å². The van der Waals surface area contributed by atoms with Crippen molar-refractivity contribution in [2.45, 2.75) is 10.1 Å². The van der Waals surface area contributed by atoms with Crippen molar-refractivity contribution in [3.63, 3.8) is 0 Å². The molecule has 1 N–H and O–H groups in total. The Labute approximate surface area is 179 Å². The van der Waals surface area contributed by atoms with Crippen LogP contribution in [0, 0.1) is 0 Å². The van der Waals surface area contributed by atoms with E-state index in [1.165, 1.54) is 17.4 Å². The molecule has 0 spiro atoms. The summed E-state index contributed by atoms with van der Waals surface area (Å²) in [6, 6.07) is 12.7. The first-order chi connectivity index (χ1) is 13.0. The number of nitrogens with one attached hydrogen (secondary N) is 1. The van der Waals surface area contributed by atoms with Crippen molar-refractivity contribution in [2.24, 2.45) is 0 Å². The molecule has 0 fully saturated rings. The summed E-state index contributed by atoms with van der Waals surface area (Å²) in [6.07, 6.45) is 3.00. The maximum Gasteiger partial charge on any atom is 0.250 e. The third-order valence-electron chi connectivity index (χ3n) is 3.29. The molecule has 4 nitrogen and oxygen atoms in total. The van der Waals surface area contributed by atoms with E-state index in [1.807, 2.05) is 24.3 Å². The Morgan fingerprint density at radius 3 is 2.56 bits per heavy atom. The molecule has 138 valence electrons. The summed E-state index contributed by atoms with van der Waals surface area (Å²) in [6.45, 7) is 0. The minimum Gasteiger partial charge on any atom is -0.297 e. The number of benzene rings is 2. The SMILES string of the molecule is O=C(/C=C/c1ccc(Cl)cc1Cl)Nc1nnc(SCc2ccc(Cl)cc2)s1. The van der Waals surface area contributed by atoms with E-state index < -0.39 is 0 Å². The van der Waals surface area contributed by atoms with E-state index in [9.17, 15) is 4.79 Å². The average Bonchev–Trinajstić information content (AvgIpc) is 3.08. The Morgan fingerprint density at radius 1 is 1.07 bits per heavy atom. The lowest BCUT2D eigenvalue weighted by Gasteiger charge is -1.99. The van der Waals surface area contributed by atoms with Crippen LogP contribution in [0.4, 0.5) is 5.13 Å². The van der Waals surface area contributed by atoms with Gasteiger partial charge in [-0.05, 0) is 41.5 Å². The van der Waals surface area contributed by atoms with E-state index in [0.717, 1.165) is 15.7 Å². The summed E-state index contributed by atoms with van der Waals surface area (Å²) in [4.78, 5) is 12.0. The Bertz CT molecular complexity index is 974. The molecule has 2 aromatic carbocycles. The number of carbonyl (C=O) groups is 1. The van der Waals surface area contributed by atoms with Gasteiger partial charge in [0.25, 0.3) is 0 Å². The molecule has 1 heterocycles. The quantitative estimate of drug-likeness (QED) is 0.263. The van der Waals surface area contributed by atoms with Crippen LogP contribution in [-0.4, -0.2) is 16.1 Å². The molecular weight excluding hydrogens is 445 g/mol. The minimum absolute atomic E-state index is 0.314. The maximum atomic E-state index is 12.0. The number of rotatable bonds is 6. The van der Waals surface area contributed by atoms with Gasteiger partial charge >= 0.3 is 0 Å². The third kappa shape index (κ3) is 6.23. The number of carbonyl (C=O) groups excluding carboxylic acids is 1. The number of hydrogen-bond donors (Lipinski definition) is 1. The van der Waals surface area contributed by atoms with Crippen LogP contribution in [0.5, 0.6) is 0 Å². The van der Waals surface area contributed by atoms with Crippen LogP contribution in [0.3, 0.4) is 0 Å². The van der Waals surface area contributed by atoms with E-state index in [-0.39, 0.29) is 5.91 Å². The summed E-state index contributed by atoms with van der Waals surface area (Å²) in [5.41, 5.74) is 1.83. The molecule has 9 heteroatoms. The summed E-state index contributed by atoms with van der Waals surface area (Å²) in [5.74, 6) is 0.431. The lowest BCUT2D eigenvalue weighted by molar-refractivity contribution is -0.111. The molecule has 0 bridgehead atoms. The summed E-state index contributed by atoms with van der Waals surface area (Å²) in [5, 5.41) is 12.9. The second kappa shape index (κ2) is 9.57. The van der Waals surface area contributed by atoms with Crippen molar-refractivity contribution in [2.75, 3.05) is 5.32 Å². The minimum atomic E-state index is -0.314. The molecule has 0 saturated heterocycles. The first-order valence-corrected chi connectivity index (χ1v) is 10.6. The number of nitrogens with zero attached hydrogens (tertiary/aromatic N) is 2. The highest BCUT2D eigenvalue weighted by molar-refractivity contribution is 8.00. The monoisotopic (exact) mass is 455 g/mol. The number of aromatic nitrogens is 2. The van der Waals surface area contributed by atoms with Gasteiger partial charge in [-0.2, -0.15) is 0 Å². The van der Waals surface area contributed by atoms with Gasteiger partial charge in [-0.25, -0.2) is 0 Å². The first kappa shape index (κ1) is 20.2. The zero-order valence-electron chi connectivity index (χ0n) is 13.7. The predicted molar refractivity (Wildman–Crippen MR) is 115 cm³/mol. The smallest absolute Gasteiger partial charge is 0.250 e. The number of amides is 1. The highest BCUT2D eigenvalue weighted by atomic mass is 35.5. The Balaban J connectivity index is 1.54. The molecule has 0 atom stereocenters. The van der Waals surface area contributed by atoms with Gasteiger partial charge in [0.05, 0.1) is 0 Å². The van der Waals surface area contributed by atoms with Crippen molar-refractivity contribution in [3.8, 4) is 0 Å². The highest BCUT2D eigenvalue weighted by Crippen LogP contribution is 2.28. The van der Waals surface area contributed by atoms with Crippen molar-refractivity contribution in [1.82, 2.24) is 10.2 Å². The molecule has 0 aliphatic rings. The Kier molecular flexibility index (Phi) is 7.15. The lowest BCUT2D eigenvalue weighted by Crippen LogP contribution is -2.07. The fraction of sp³-hybridized carbons (Fsp3) is 0.0556. The van der Waals surface area contributed by atoms with Gasteiger partial charge in [0, 0.05) is 26.9 Å². The second-order valence-electron chi connectivity index (χ2n) is 5.28. The molecule has 0 radical (unpaired) electrons. The van der Waals surface area contributed by atoms with Crippen LogP contribution in [0.1, 0.15) is 11.1 Å². The van der Waals surface area contributed by atoms with Gasteiger partial charge in [-0.15, -0.1) is 10.2 Å². The number of anilines is 1. The van der Waals surface area contributed by atoms with Crippen LogP contribution in [-0.2, 0) is 10.5 Å². The van der Waals surface area contributed by atoms with E-state index >= 15 is 0 Å². The van der Waals surface area contributed by atoms with Gasteiger partial charge in [0.1, 0.15) is 0 Å². The molecular formula is C18H12Cl3N3OS2. The van der Waals surface area contributed by atoms with E-state index in [2.05, 4.69) is 15.5 Å². The molecule has 0 aliphatic carbocycles. The molecule has 27 heavy (non-hydrogen) atoms. The second-order valence-corrected chi connectivity index (χ2v) is 8.76. The fourth-order valence-corrected chi connectivity index (χ4v) is 4.30. The van der Waals surface area contributed by atoms with E-state index in [0.29, 0.717) is 25.8 Å². The molecule has 0 saturated carbocycles. The number of thioether (sulfide) groups is 1. The van der Waals surface area contributed by atoms with Gasteiger partial charge in [-0.1, -0.05) is 76.1 Å². The Morgan fingerprint density at radius 2 is 1.81 bits per heavy atom.